The van der Waals surface area contributed by atoms with Crippen molar-refractivity contribution >= 4 is 11.4 Å². The van der Waals surface area contributed by atoms with Crippen molar-refractivity contribution in [1.29, 1.82) is 0 Å². The largest absolute Gasteiger partial charge is 0.508 e. The highest BCUT2D eigenvalue weighted by Crippen LogP contribution is 2.29. The summed E-state index contributed by atoms with van der Waals surface area (Å²) < 4.78 is 0. The van der Waals surface area contributed by atoms with Crippen LogP contribution in [0.15, 0.2) is 48.5 Å². The first kappa shape index (κ1) is 12.9. The number of phenolic OH excluding ortho intramolecular Hbond substituents is 1. The molecule has 0 aliphatic carbocycles. The summed E-state index contributed by atoms with van der Waals surface area (Å²) in [6, 6.07) is 15.8. The summed E-state index contributed by atoms with van der Waals surface area (Å²) in [5.41, 5.74) is 3.64. The molecule has 0 unspecified atom stereocenters. The van der Waals surface area contributed by atoms with Crippen molar-refractivity contribution in [2.24, 2.45) is 0 Å². The van der Waals surface area contributed by atoms with E-state index in [1.54, 1.807) is 12.1 Å². The van der Waals surface area contributed by atoms with Gasteiger partial charge in [-0.05, 0) is 42.7 Å². The average Bonchev–Trinajstić information content (AvgIpc) is 3.01. The van der Waals surface area contributed by atoms with E-state index < -0.39 is 0 Å². The monoisotopic (exact) mass is 268 g/mol. The fourth-order valence-corrected chi connectivity index (χ4v) is 2.67. The fourth-order valence-electron chi connectivity index (χ4n) is 2.67. The van der Waals surface area contributed by atoms with Gasteiger partial charge < -0.3 is 15.3 Å². The number of para-hydroxylation sites is 2. The van der Waals surface area contributed by atoms with Crippen LogP contribution >= 0.6 is 0 Å². The van der Waals surface area contributed by atoms with Gasteiger partial charge >= 0.3 is 0 Å². The lowest BCUT2D eigenvalue weighted by Gasteiger charge is -2.22. The maximum atomic E-state index is 9.30. The van der Waals surface area contributed by atoms with E-state index in [2.05, 4.69) is 34.5 Å². The molecule has 0 spiro atoms. The summed E-state index contributed by atoms with van der Waals surface area (Å²) in [7, 11) is 0. The van der Waals surface area contributed by atoms with Crippen LogP contribution < -0.4 is 10.2 Å². The highest BCUT2D eigenvalue weighted by Gasteiger charge is 2.14. The lowest BCUT2D eigenvalue weighted by molar-refractivity contribution is 0.475. The first-order valence-corrected chi connectivity index (χ1v) is 7.19. The highest BCUT2D eigenvalue weighted by molar-refractivity contribution is 5.70. The van der Waals surface area contributed by atoms with Gasteiger partial charge in [0, 0.05) is 19.6 Å². The Labute approximate surface area is 119 Å². The molecule has 2 aromatic carbocycles. The molecule has 3 heteroatoms. The van der Waals surface area contributed by atoms with Crippen LogP contribution in [0.1, 0.15) is 18.4 Å². The molecule has 1 aliphatic heterocycles. The van der Waals surface area contributed by atoms with Gasteiger partial charge in [0.05, 0.1) is 11.4 Å². The van der Waals surface area contributed by atoms with Crippen LogP contribution in [0, 0.1) is 0 Å². The predicted molar refractivity (Wildman–Crippen MR) is 83.3 cm³/mol. The summed E-state index contributed by atoms with van der Waals surface area (Å²) >= 11 is 0. The number of benzene rings is 2. The van der Waals surface area contributed by atoms with Crippen LogP contribution in [0.2, 0.25) is 0 Å². The van der Waals surface area contributed by atoms with Crippen molar-refractivity contribution in [3.8, 4) is 5.75 Å². The Balaban J connectivity index is 1.72. The molecule has 2 aromatic rings. The van der Waals surface area contributed by atoms with Gasteiger partial charge in [-0.2, -0.15) is 0 Å². The Morgan fingerprint density at radius 2 is 1.65 bits per heavy atom. The third kappa shape index (κ3) is 2.87. The van der Waals surface area contributed by atoms with Crippen molar-refractivity contribution in [1.82, 2.24) is 0 Å². The summed E-state index contributed by atoms with van der Waals surface area (Å²) in [6.07, 6.45) is 2.57. The number of nitrogens with one attached hydrogen (secondary N) is 1. The molecule has 0 aromatic heterocycles. The Bertz CT molecular complexity index is 559. The van der Waals surface area contributed by atoms with Crippen molar-refractivity contribution in [2.45, 2.75) is 19.4 Å². The molecule has 0 saturated carbocycles. The van der Waals surface area contributed by atoms with Crippen LogP contribution in [-0.4, -0.2) is 18.2 Å². The fraction of sp³-hybridized carbons (Fsp3) is 0.294. The normalized spacial score (nSPS) is 14.5. The topological polar surface area (TPSA) is 35.5 Å². The molecule has 0 bridgehead atoms. The Morgan fingerprint density at radius 3 is 2.40 bits per heavy atom. The Morgan fingerprint density at radius 1 is 0.950 bits per heavy atom. The zero-order valence-corrected chi connectivity index (χ0v) is 11.5. The minimum atomic E-state index is 0.311. The number of hydrogen-bond donors (Lipinski definition) is 2. The van der Waals surface area contributed by atoms with Crippen LogP contribution in [-0.2, 0) is 6.54 Å². The Hall–Kier alpha value is -2.16. The van der Waals surface area contributed by atoms with Gasteiger partial charge in [0.2, 0.25) is 0 Å². The third-order valence-corrected chi connectivity index (χ3v) is 3.77. The Kier molecular flexibility index (Phi) is 3.77. The summed E-state index contributed by atoms with van der Waals surface area (Å²) in [6.45, 7) is 3.07. The van der Waals surface area contributed by atoms with Gasteiger partial charge in [-0.15, -0.1) is 0 Å². The molecule has 1 saturated heterocycles. The molecule has 1 aliphatic rings. The number of anilines is 2. The first-order valence-electron chi connectivity index (χ1n) is 7.19. The summed E-state index contributed by atoms with van der Waals surface area (Å²) in [4.78, 5) is 2.44. The lowest BCUT2D eigenvalue weighted by atomic mass is 10.2. The second kappa shape index (κ2) is 5.87. The molecule has 3 nitrogen and oxygen atoms in total. The molecule has 1 fully saturated rings. The van der Waals surface area contributed by atoms with E-state index in [4.69, 9.17) is 0 Å². The highest BCUT2D eigenvalue weighted by atomic mass is 16.3. The number of hydrogen-bond acceptors (Lipinski definition) is 3. The molecule has 0 radical (unpaired) electrons. The zero-order chi connectivity index (χ0) is 13.8. The van der Waals surface area contributed by atoms with Crippen LogP contribution in [0.4, 0.5) is 11.4 Å². The number of rotatable bonds is 4. The molecule has 1 heterocycles. The van der Waals surface area contributed by atoms with Crippen molar-refractivity contribution in [3.05, 3.63) is 54.1 Å². The number of phenols is 1. The van der Waals surface area contributed by atoms with Crippen molar-refractivity contribution in [2.75, 3.05) is 23.3 Å². The van der Waals surface area contributed by atoms with Crippen LogP contribution in [0.5, 0.6) is 5.75 Å². The lowest BCUT2D eigenvalue weighted by Crippen LogP contribution is -2.19. The molecule has 0 amide bonds. The molecule has 20 heavy (non-hydrogen) atoms. The van der Waals surface area contributed by atoms with E-state index in [-0.39, 0.29) is 0 Å². The number of aromatic hydroxyl groups is 1. The SMILES string of the molecule is Oc1ccc(CNc2ccccc2N2CCCC2)cc1. The second-order valence-electron chi connectivity index (χ2n) is 5.23. The van der Waals surface area contributed by atoms with Gasteiger partial charge in [0.1, 0.15) is 5.75 Å². The van der Waals surface area contributed by atoms with Crippen molar-refractivity contribution in [3.63, 3.8) is 0 Å². The average molecular weight is 268 g/mol. The minimum Gasteiger partial charge on any atom is -0.508 e. The van der Waals surface area contributed by atoms with Gasteiger partial charge in [0.25, 0.3) is 0 Å². The van der Waals surface area contributed by atoms with Gasteiger partial charge in [-0.25, -0.2) is 0 Å². The number of nitrogens with zero attached hydrogens (tertiary/aromatic N) is 1. The maximum Gasteiger partial charge on any atom is 0.115 e. The quantitative estimate of drug-likeness (QED) is 0.889. The summed E-state index contributed by atoms with van der Waals surface area (Å²) in [5, 5.41) is 12.8. The standard InChI is InChI=1S/C17H20N2O/c20-15-9-7-14(8-10-15)13-18-16-5-1-2-6-17(16)19-11-3-4-12-19/h1-2,5-10,18,20H,3-4,11-13H2. The summed E-state index contributed by atoms with van der Waals surface area (Å²) in [5.74, 6) is 0.311. The van der Waals surface area contributed by atoms with Gasteiger partial charge in [-0.3, -0.25) is 0 Å². The third-order valence-electron chi connectivity index (χ3n) is 3.77. The van der Waals surface area contributed by atoms with Crippen LogP contribution in [0.3, 0.4) is 0 Å². The first-order chi connectivity index (χ1) is 9.83. The maximum absolute atomic E-state index is 9.30. The van der Waals surface area contributed by atoms with E-state index in [0.717, 1.165) is 19.6 Å². The van der Waals surface area contributed by atoms with E-state index in [0.29, 0.717) is 5.75 Å². The molecular formula is C17H20N2O. The van der Waals surface area contributed by atoms with E-state index >= 15 is 0 Å². The van der Waals surface area contributed by atoms with Gasteiger partial charge in [0.15, 0.2) is 0 Å². The molecule has 104 valence electrons. The van der Waals surface area contributed by atoms with Crippen LogP contribution in [0.25, 0.3) is 0 Å². The molecule has 3 rings (SSSR count). The predicted octanol–water partition coefficient (Wildman–Crippen LogP) is 3.60. The molecule has 0 atom stereocenters. The van der Waals surface area contributed by atoms with E-state index in [1.165, 1.54) is 29.8 Å². The van der Waals surface area contributed by atoms with Crippen molar-refractivity contribution < 1.29 is 5.11 Å². The smallest absolute Gasteiger partial charge is 0.115 e. The van der Waals surface area contributed by atoms with E-state index in [9.17, 15) is 5.11 Å². The minimum absolute atomic E-state index is 0.311. The van der Waals surface area contributed by atoms with Gasteiger partial charge in [-0.1, -0.05) is 24.3 Å². The molecule has 2 N–H and O–H groups in total. The zero-order valence-electron chi connectivity index (χ0n) is 11.5. The molecular weight excluding hydrogens is 248 g/mol. The second-order valence-corrected chi connectivity index (χ2v) is 5.23. The van der Waals surface area contributed by atoms with E-state index in [1.807, 2.05) is 12.1 Å².